The van der Waals surface area contributed by atoms with Gasteiger partial charge in [-0.1, -0.05) is 19.9 Å². The fourth-order valence-corrected chi connectivity index (χ4v) is 2.78. The topological polar surface area (TPSA) is 91.9 Å². The van der Waals surface area contributed by atoms with Gasteiger partial charge in [0.1, 0.15) is 6.10 Å². The number of aliphatic hydroxyl groups is 1. The zero-order chi connectivity index (χ0) is 24.3. The van der Waals surface area contributed by atoms with Gasteiger partial charge in [0.25, 0.3) is 11.6 Å². The number of methoxy groups -OCH3 is 1. The van der Waals surface area contributed by atoms with Crippen molar-refractivity contribution in [3.8, 4) is 5.75 Å². The molecule has 0 saturated carbocycles. The maximum absolute atomic E-state index is 13.4. The Morgan fingerprint density at radius 3 is 2.53 bits per heavy atom. The molecule has 1 aromatic carbocycles. The number of benzene rings is 1. The summed E-state index contributed by atoms with van der Waals surface area (Å²) in [5, 5.41) is 20.8. The number of anilines is 1. The highest BCUT2D eigenvalue weighted by Crippen LogP contribution is 2.22. The Hall–Kier alpha value is -2.85. The van der Waals surface area contributed by atoms with E-state index in [1.165, 1.54) is 37.6 Å². The Kier molecular flexibility index (Phi) is 11.5. The molecule has 2 heterocycles. The standard InChI is InChI=1S/C13H17FN2O4.C7H6F2O.C2H6/c1-8-2-3-12(20-8)13(18)15-9-4-5-16(19)11(6-9)10(14)7-17;1-10-6-4-2-3-5(8)7(6)9;1-2/h4-6,8,10,12,17,19H,2-3,7H2,1H3;2-4H,1H3;1-2H3/p+1. The van der Waals surface area contributed by atoms with Crippen LogP contribution in [0.5, 0.6) is 5.75 Å². The number of amides is 1. The van der Waals surface area contributed by atoms with Crippen LogP contribution in [0.3, 0.4) is 0 Å². The van der Waals surface area contributed by atoms with E-state index in [0.717, 1.165) is 12.5 Å². The highest BCUT2D eigenvalue weighted by molar-refractivity contribution is 5.94. The van der Waals surface area contributed by atoms with Crippen LogP contribution in [0, 0.1) is 11.6 Å². The van der Waals surface area contributed by atoms with Crippen LogP contribution >= 0.6 is 0 Å². The summed E-state index contributed by atoms with van der Waals surface area (Å²) in [5.41, 5.74) is 0.209. The molecule has 1 aromatic heterocycles. The molecule has 0 aliphatic carbocycles. The van der Waals surface area contributed by atoms with Gasteiger partial charge < -0.3 is 19.9 Å². The van der Waals surface area contributed by atoms with E-state index in [9.17, 15) is 23.2 Å². The summed E-state index contributed by atoms with van der Waals surface area (Å²) >= 11 is 0. The number of ether oxygens (including phenoxy) is 2. The molecule has 1 aliphatic rings. The molecule has 1 aliphatic heterocycles. The number of aliphatic hydroxyl groups excluding tert-OH is 1. The monoisotopic (exact) mass is 459 g/mol. The molecule has 3 rings (SSSR count). The summed E-state index contributed by atoms with van der Waals surface area (Å²) < 4.78 is 48.8. The number of nitrogens with one attached hydrogen (secondary N) is 1. The van der Waals surface area contributed by atoms with Gasteiger partial charge in [0.05, 0.1) is 25.5 Å². The number of hydrogen-bond donors (Lipinski definition) is 3. The molecule has 7 nitrogen and oxygen atoms in total. The number of carbonyl (C=O) groups is 1. The lowest BCUT2D eigenvalue weighted by atomic mass is 10.2. The van der Waals surface area contributed by atoms with Crippen molar-refractivity contribution >= 4 is 11.6 Å². The third kappa shape index (κ3) is 7.69. The Labute approximate surface area is 185 Å². The van der Waals surface area contributed by atoms with Gasteiger partial charge in [0.2, 0.25) is 18.2 Å². The lowest BCUT2D eigenvalue weighted by Crippen LogP contribution is -2.37. The van der Waals surface area contributed by atoms with Crippen LogP contribution < -0.4 is 14.8 Å². The molecule has 178 valence electrons. The summed E-state index contributed by atoms with van der Waals surface area (Å²) in [4.78, 5) is 11.9. The van der Waals surface area contributed by atoms with E-state index < -0.39 is 30.5 Å². The van der Waals surface area contributed by atoms with Crippen LogP contribution in [0.15, 0.2) is 36.5 Å². The van der Waals surface area contributed by atoms with Crippen molar-refractivity contribution in [3.05, 3.63) is 53.9 Å². The summed E-state index contributed by atoms with van der Waals surface area (Å²) in [6.45, 7) is 5.15. The minimum atomic E-state index is -1.72. The zero-order valence-electron chi connectivity index (χ0n) is 18.5. The van der Waals surface area contributed by atoms with E-state index in [4.69, 9.17) is 9.84 Å². The van der Waals surface area contributed by atoms with E-state index in [1.807, 2.05) is 20.8 Å². The molecular weight excluding hydrogens is 429 g/mol. The third-order valence-corrected chi connectivity index (χ3v) is 4.37. The molecule has 1 saturated heterocycles. The number of pyridine rings is 1. The second-order valence-electron chi connectivity index (χ2n) is 6.59. The van der Waals surface area contributed by atoms with Gasteiger partial charge >= 0.3 is 0 Å². The summed E-state index contributed by atoms with van der Waals surface area (Å²) in [6.07, 6.45) is 0.501. The van der Waals surface area contributed by atoms with Gasteiger partial charge in [-0.3, -0.25) is 10.0 Å². The second-order valence-corrected chi connectivity index (χ2v) is 6.59. The second kappa shape index (κ2) is 13.5. The van der Waals surface area contributed by atoms with Crippen LogP contribution in [0.4, 0.5) is 18.9 Å². The average Bonchev–Trinajstić information content (AvgIpc) is 3.24. The van der Waals surface area contributed by atoms with Crippen LogP contribution in [-0.4, -0.2) is 42.1 Å². The minimum Gasteiger partial charge on any atom is -0.494 e. The van der Waals surface area contributed by atoms with Gasteiger partial charge in [-0.25, -0.2) is 8.78 Å². The third-order valence-electron chi connectivity index (χ3n) is 4.37. The molecule has 10 heteroatoms. The number of carbonyl (C=O) groups excluding carboxylic acids is 1. The summed E-state index contributed by atoms with van der Waals surface area (Å²) in [6, 6.07) is 6.49. The van der Waals surface area contributed by atoms with E-state index in [-0.39, 0.29) is 23.5 Å². The Balaban J connectivity index is 0.000000358. The average molecular weight is 459 g/mol. The van der Waals surface area contributed by atoms with Crippen molar-refractivity contribution in [2.45, 2.75) is 52.0 Å². The molecule has 1 fully saturated rings. The summed E-state index contributed by atoms with van der Waals surface area (Å²) in [7, 11) is 1.29. The molecule has 3 N–H and O–H groups in total. The van der Waals surface area contributed by atoms with Crippen molar-refractivity contribution < 1.29 is 42.5 Å². The van der Waals surface area contributed by atoms with Crippen LogP contribution in [0.25, 0.3) is 0 Å². The van der Waals surface area contributed by atoms with Gasteiger partial charge in [-0.05, 0) is 31.9 Å². The summed E-state index contributed by atoms with van der Waals surface area (Å²) in [5.74, 6) is -2.19. The number of halogens is 3. The van der Waals surface area contributed by atoms with Crippen molar-refractivity contribution in [2.75, 3.05) is 19.0 Å². The predicted molar refractivity (Wildman–Crippen MR) is 111 cm³/mol. The molecule has 1 amide bonds. The molecule has 2 aromatic rings. The first-order chi connectivity index (χ1) is 15.3. The predicted octanol–water partition coefficient (Wildman–Crippen LogP) is 3.72. The molecule has 3 atom stereocenters. The number of rotatable bonds is 5. The van der Waals surface area contributed by atoms with E-state index in [2.05, 4.69) is 10.1 Å². The highest BCUT2D eigenvalue weighted by Gasteiger charge is 2.29. The fourth-order valence-electron chi connectivity index (χ4n) is 2.78. The Bertz CT molecular complexity index is 869. The van der Waals surface area contributed by atoms with Gasteiger partial charge in [0.15, 0.2) is 11.6 Å². The smallest absolute Gasteiger partial charge is 0.272 e. The Morgan fingerprint density at radius 2 is 2.00 bits per heavy atom. The lowest BCUT2D eigenvalue weighted by molar-refractivity contribution is -0.911. The first-order valence-electron chi connectivity index (χ1n) is 10.2. The van der Waals surface area contributed by atoms with Crippen LogP contribution in [0.1, 0.15) is 45.5 Å². The molecule has 0 radical (unpaired) electrons. The first-order valence-corrected chi connectivity index (χ1v) is 10.2. The highest BCUT2D eigenvalue weighted by atomic mass is 19.2. The lowest BCUT2D eigenvalue weighted by Gasteiger charge is -2.11. The van der Waals surface area contributed by atoms with Gasteiger partial charge in [-0.2, -0.15) is 4.39 Å². The number of hydrogen-bond acceptors (Lipinski definition) is 5. The quantitative estimate of drug-likeness (QED) is 0.468. The molecule has 32 heavy (non-hydrogen) atoms. The number of nitrogens with zero attached hydrogens (tertiary/aromatic N) is 1. The van der Waals surface area contributed by atoms with Crippen LogP contribution in [-0.2, 0) is 9.53 Å². The van der Waals surface area contributed by atoms with Gasteiger partial charge in [0, 0.05) is 16.9 Å². The molecule has 0 spiro atoms. The number of alkyl halides is 1. The first kappa shape index (κ1) is 27.2. The van der Waals surface area contributed by atoms with Crippen molar-refractivity contribution in [1.29, 1.82) is 0 Å². The van der Waals surface area contributed by atoms with E-state index in [1.54, 1.807) is 0 Å². The van der Waals surface area contributed by atoms with Gasteiger partial charge in [-0.15, -0.1) is 0 Å². The SMILES string of the molecule is CC.CC1CCC(C(=O)Nc2cc[n+](O)c(C(F)CO)c2)O1.COc1cccc(F)c1F. The van der Waals surface area contributed by atoms with Crippen molar-refractivity contribution in [2.24, 2.45) is 0 Å². The van der Waals surface area contributed by atoms with Crippen molar-refractivity contribution in [1.82, 2.24) is 0 Å². The fraction of sp³-hybridized carbons (Fsp3) is 0.455. The minimum absolute atomic E-state index is 0.0568. The van der Waals surface area contributed by atoms with Crippen LogP contribution in [0.2, 0.25) is 0 Å². The molecular formula is C22H30F3N2O5+. The molecule has 0 bridgehead atoms. The van der Waals surface area contributed by atoms with Crippen molar-refractivity contribution in [3.63, 3.8) is 0 Å². The normalized spacial score (nSPS) is 17.9. The van der Waals surface area contributed by atoms with E-state index >= 15 is 0 Å². The largest absolute Gasteiger partial charge is 0.494 e. The maximum atomic E-state index is 13.4. The zero-order valence-corrected chi connectivity index (χ0v) is 18.5. The Morgan fingerprint density at radius 1 is 1.31 bits per heavy atom. The molecule has 3 unspecified atom stereocenters. The number of aromatic nitrogens is 1. The van der Waals surface area contributed by atoms with E-state index in [0.29, 0.717) is 16.8 Å². The maximum Gasteiger partial charge on any atom is 0.272 e.